The molecule has 1 saturated heterocycles. The molecule has 2 bridgehead atoms. The number of imidazole rings is 1. The summed E-state index contributed by atoms with van der Waals surface area (Å²) in [4.78, 5) is 47.3. The van der Waals surface area contributed by atoms with Crippen molar-refractivity contribution in [3.63, 3.8) is 0 Å². The van der Waals surface area contributed by atoms with Crippen LogP contribution in [0.4, 0.5) is 25.4 Å². The number of carbonyl (C=O) groups is 3. The predicted octanol–water partition coefficient (Wildman–Crippen LogP) is 5.92. The van der Waals surface area contributed by atoms with Gasteiger partial charge in [0.25, 0.3) is 0 Å². The summed E-state index contributed by atoms with van der Waals surface area (Å²) >= 11 is 5.96. The fourth-order valence-corrected chi connectivity index (χ4v) is 5.10. The molecule has 2 atom stereocenters. The Morgan fingerprint density at radius 3 is 2.88 bits per heavy atom. The molecule has 3 heterocycles. The highest BCUT2D eigenvalue weighted by Crippen LogP contribution is 2.35. The van der Waals surface area contributed by atoms with Crippen molar-refractivity contribution in [1.82, 2.24) is 20.2 Å². The number of nitrogens with one attached hydrogen (secondary N) is 4. The van der Waals surface area contributed by atoms with Crippen LogP contribution >= 0.6 is 11.6 Å². The summed E-state index contributed by atoms with van der Waals surface area (Å²) in [5, 5.41) is 8.44. The molecule has 2 unspecified atom stereocenters. The van der Waals surface area contributed by atoms with E-state index >= 15 is 0 Å². The minimum absolute atomic E-state index is 0.0131. The van der Waals surface area contributed by atoms with Crippen LogP contribution in [0.3, 0.4) is 0 Å². The zero-order chi connectivity index (χ0) is 28.2. The van der Waals surface area contributed by atoms with Gasteiger partial charge in [-0.15, -0.1) is 0 Å². The SMILES string of the molecule is COC(=O)Nc1ccc2c(c1)NC(=O)CC/C=C/CC(N1CCC(c3cccc(Cl)c3F)NC1=O)c1ncc-2[nH]1. The number of ether oxygens (including phenoxy) is 1. The Balaban J connectivity index is 1.44. The van der Waals surface area contributed by atoms with Gasteiger partial charge in [0, 0.05) is 29.8 Å². The van der Waals surface area contributed by atoms with Gasteiger partial charge >= 0.3 is 12.1 Å². The zero-order valence-electron chi connectivity index (χ0n) is 21.7. The number of halogens is 2. The summed E-state index contributed by atoms with van der Waals surface area (Å²) in [7, 11) is 1.27. The second kappa shape index (κ2) is 11.8. The summed E-state index contributed by atoms with van der Waals surface area (Å²) in [6.07, 6.45) is 6.53. The number of allylic oxidation sites excluding steroid dienone is 1. The van der Waals surface area contributed by atoms with Crippen molar-refractivity contribution in [1.29, 1.82) is 0 Å². The van der Waals surface area contributed by atoms with E-state index < -0.39 is 24.0 Å². The van der Waals surface area contributed by atoms with Gasteiger partial charge in [-0.2, -0.15) is 0 Å². The van der Waals surface area contributed by atoms with E-state index in [4.69, 9.17) is 11.6 Å². The maximum atomic E-state index is 14.6. The first-order chi connectivity index (χ1) is 19.3. The lowest BCUT2D eigenvalue weighted by Gasteiger charge is -2.37. The lowest BCUT2D eigenvalue weighted by molar-refractivity contribution is -0.116. The third-order valence-corrected chi connectivity index (χ3v) is 7.23. The Morgan fingerprint density at radius 1 is 1.23 bits per heavy atom. The molecule has 1 aromatic heterocycles. The van der Waals surface area contributed by atoms with Crippen molar-refractivity contribution in [2.24, 2.45) is 0 Å². The van der Waals surface area contributed by atoms with Crippen molar-refractivity contribution in [3.05, 3.63) is 77.0 Å². The maximum absolute atomic E-state index is 14.6. The number of fused-ring (bicyclic) bond motifs is 4. The number of hydrogen-bond donors (Lipinski definition) is 4. The van der Waals surface area contributed by atoms with Gasteiger partial charge in [0.15, 0.2) is 0 Å². The fraction of sp³-hybridized carbons (Fsp3) is 0.286. The molecule has 0 aliphatic carbocycles. The van der Waals surface area contributed by atoms with E-state index in [1.54, 1.807) is 41.4 Å². The van der Waals surface area contributed by atoms with E-state index in [2.05, 4.69) is 30.7 Å². The van der Waals surface area contributed by atoms with Crippen LogP contribution in [0.15, 0.2) is 54.7 Å². The van der Waals surface area contributed by atoms with Crippen molar-refractivity contribution in [2.45, 2.75) is 37.8 Å². The number of urea groups is 1. The highest BCUT2D eigenvalue weighted by Gasteiger charge is 2.34. The average Bonchev–Trinajstić information content (AvgIpc) is 3.42. The summed E-state index contributed by atoms with van der Waals surface area (Å²) < 4.78 is 19.3. The number of rotatable bonds is 3. The highest BCUT2D eigenvalue weighted by atomic mass is 35.5. The van der Waals surface area contributed by atoms with Crippen molar-refractivity contribution >= 4 is 41.0 Å². The molecule has 2 aliphatic heterocycles. The maximum Gasteiger partial charge on any atom is 0.411 e. The number of nitrogens with zero attached hydrogens (tertiary/aromatic N) is 2. The molecule has 3 aromatic rings. The monoisotopic (exact) mass is 566 g/mol. The molecule has 208 valence electrons. The van der Waals surface area contributed by atoms with Crippen LogP contribution in [0, 0.1) is 5.82 Å². The molecule has 0 saturated carbocycles. The van der Waals surface area contributed by atoms with Gasteiger partial charge in [-0.1, -0.05) is 35.9 Å². The summed E-state index contributed by atoms with van der Waals surface area (Å²) in [6, 6.07) is 8.58. The Hall–Kier alpha value is -4.38. The molecule has 12 heteroatoms. The second-order valence-corrected chi connectivity index (χ2v) is 9.90. The Labute approximate surface area is 234 Å². The third kappa shape index (κ3) is 5.79. The smallest absolute Gasteiger partial charge is 0.411 e. The standard InChI is InChI=1S/C28H28ClFN6O4/c1-40-28(39)32-16-10-11-17-21(14-16)33-24(37)9-4-2-3-8-23(26-31-15-22(17)34-26)36-13-12-20(35-27(36)38)18-6-5-7-19(29)25(18)30/h2-3,5-7,10-11,14-15,20,23H,4,8-9,12-13H2,1H3,(H,31,34)(H,32,39)(H,33,37)(H,35,38)/b3-2+. The van der Waals surface area contributed by atoms with E-state index in [9.17, 15) is 18.8 Å². The Bertz CT molecular complexity index is 1470. The molecule has 4 N–H and O–H groups in total. The lowest BCUT2D eigenvalue weighted by atomic mass is 10.00. The van der Waals surface area contributed by atoms with Crippen LogP contribution in [-0.4, -0.2) is 46.6 Å². The van der Waals surface area contributed by atoms with E-state index in [-0.39, 0.29) is 23.4 Å². The van der Waals surface area contributed by atoms with Gasteiger partial charge < -0.3 is 25.3 Å². The average molecular weight is 567 g/mol. The van der Waals surface area contributed by atoms with Crippen molar-refractivity contribution in [3.8, 4) is 11.3 Å². The van der Waals surface area contributed by atoms with Gasteiger partial charge in [0.2, 0.25) is 5.91 Å². The first-order valence-electron chi connectivity index (χ1n) is 12.8. The quantitative estimate of drug-likeness (QED) is 0.292. The van der Waals surface area contributed by atoms with E-state index in [0.717, 1.165) is 0 Å². The Morgan fingerprint density at radius 2 is 2.08 bits per heavy atom. The zero-order valence-corrected chi connectivity index (χ0v) is 22.4. The number of aromatic nitrogens is 2. The van der Waals surface area contributed by atoms with Crippen LogP contribution < -0.4 is 16.0 Å². The van der Waals surface area contributed by atoms with Gasteiger partial charge in [0.05, 0.1) is 41.8 Å². The number of hydrogen-bond acceptors (Lipinski definition) is 5. The molecule has 10 nitrogen and oxygen atoms in total. The van der Waals surface area contributed by atoms with E-state index in [0.29, 0.717) is 59.8 Å². The molecule has 5 rings (SSSR count). The molecule has 2 aliphatic rings. The largest absolute Gasteiger partial charge is 0.453 e. The van der Waals surface area contributed by atoms with Gasteiger partial charge in [-0.25, -0.2) is 19.0 Å². The normalized spacial score (nSPS) is 20.1. The van der Waals surface area contributed by atoms with Crippen LogP contribution in [0.25, 0.3) is 11.3 Å². The summed E-state index contributed by atoms with van der Waals surface area (Å²) in [6.45, 7) is 0.371. The summed E-state index contributed by atoms with van der Waals surface area (Å²) in [5.41, 5.74) is 2.57. The topological polar surface area (TPSA) is 128 Å². The lowest BCUT2D eigenvalue weighted by Crippen LogP contribution is -2.49. The first kappa shape index (κ1) is 27.2. The second-order valence-electron chi connectivity index (χ2n) is 9.50. The van der Waals surface area contributed by atoms with Crippen molar-refractivity contribution < 1.29 is 23.5 Å². The van der Waals surface area contributed by atoms with Gasteiger partial charge in [-0.3, -0.25) is 10.1 Å². The van der Waals surface area contributed by atoms with Crippen LogP contribution in [0.2, 0.25) is 5.02 Å². The number of benzene rings is 2. The molecule has 2 aromatic carbocycles. The highest BCUT2D eigenvalue weighted by molar-refractivity contribution is 6.30. The number of aromatic amines is 1. The van der Waals surface area contributed by atoms with E-state index in [1.807, 2.05) is 12.2 Å². The number of H-pyrrole nitrogens is 1. The number of methoxy groups -OCH3 is 1. The van der Waals surface area contributed by atoms with Crippen LogP contribution in [0.1, 0.15) is 49.2 Å². The van der Waals surface area contributed by atoms with E-state index in [1.165, 1.54) is 13.2 Å². The number of carbonyl (C=O) groups excluding carboxylic acids is 3. The van der Waals surface area contributed by atoms with Gasteiger partial charge in [-0.05, 0) is 43.5 Å². The van der Waals surface area contributed by atoms with Crippen molar-refractivity contribution in [2.75, 3.05) is 24.3 Å². The Kier molecular flexibility index (Phi) is 8.01. The fourth-order valence-electron chi connectivity index (χ4n) is 4.92. The minimum atomic E-state index is -0.632. The molecule has 0 spiro atoms. The number of anilines is 2. The molecular weight excluding hydrogens is 539 g/mol. The number of amides is 4. The predicted molar refractivity (Wildman–Crippen MR) is 148 cm³/mol. The molecule has 4 amide bonds. The molecule has 40 heavy (non-hydrogen) atoms. The molecule has 0 radical (unpaired) electrons. The third-order valence-electron chi connectivity index (χ3n) is 6.94. The minimum Gasteiger partial charge on any atom is -0.453 e. The van der Waals surface area contributed by atoms with Crippen LogP contribution in [0.5, 0.6) is 0 Å². The molecule has 1 fully saturated rings. The molecular formula is C28H28ClFN6O4. The van der Waals surface area contributed by atoms with Crippen LogP contribution in [-0.2, 0) is 9.53 Å². The first-order valence-corrected chi connectivity index (χ1v) is 13.2. The van der Waals surface area contributed by atoms with Gasteiger partial charge in [0.1, 0.15) is 11.6 Å². The summed E-state index contributed by atoms with van der Waals surface area (Å²) in [5.74, 6) is -0.155.